The molecule has 3 fully saturated rings. The average Bonchev–Trinajstić information content (AvgIpc) is 3.77. The molecule has 6 atom stereocenters. The average molecular weight is 807 g/mol. The summed E-state index contributed by atoms with van der Waals surface area (Å²) in [6, 6.07) is 9.00. The van der Waals surface area contributed by atoms with Crippen LogP contribution in [0.25, 0.3) is 27.6 Å². The number of esters is 1. The van der Waals surface area contributed by atoms with Gasteiger partial charge in [-0.25, -0.2) is 5.43 Å². The zero-order valence-corrected chi connectivity index (χ0v) is 35.3. The molecule has 1 aromatic heterocycles. The van der Waals surface area contributed by atoms with Crippen LogP contribution in [-0.2, 0) is 48.0 Å². The number of phenols is 1. The van der Waals surface area contributed by atoms with Crippen LogP contribution >= 0.6 is 0 Å². The number of carbonyl (C=O) groups excluding carboxylic acids is 4. The number of nitrogens with zero attached hydrogens (tertiary/aromatic N) is 4. The summed E-state index contributed by atoms with van der Waals surface area (Å²) in [5.74, 6) is -1.07. The van der Waals surface area contributed by atoms with Crippen molar-refractivity contribution in [1.82, 2.24) is 25.2 Å². The number of carbonyl (C=O) groups is 4. The van der Waals surface area contributed by atoms with Gasteiger partial charge in [0.2, 0.25) is 11.8 Å². The lowest BCUT2D eigenvalue weighted by Gasteiger charge is -2.36. The van der Waals surface area contributed by atoms with E-state index in [4.69, 9.17) is 14.5 Å². The number of allylic oxidation sites excluding steroid dienone is 2. The summed E-state index contributed by atoms with van der Waals surface area (Å²) < 4.78 is 14.1. The number of rotatable bonds is 8. The first kappa shape index (κ1) is 41.9. The number of hydrogen-bond acceptors (Lipinski definition) is 9. The van der Waals surface area contributed by atoms with Crippen molar-refractivity contribution in [3.8, 4) is 16.9 Å². The lowest BCUT2D eigenvalue weighted by atomic mass is 9.84. The molecule has 2 saturated heterocycles. The molecule has 1 saturated carbocycles. The predicted molar refractivity (Wildman–Crippen MR) is 227 cm³/mol. The van der Waals surface area contributed by atoms with E-state index >= 15 is 0 Å². The van der Waals surface area contributed by atoms with E-state index < -0.39 is 35.4 Å². The zero-order chi connectivity index (χ0) is 42.3. The van der Waals surface area contributed by atoms with Gasteiger partial charge in [-0.2, -0.15) is 0 Å². The van der Waals surface area contributed by atoms with Crippen molar-refractivity contribution in [3.05, 3.63) is 71.6 Å². The standard InChI is InChI=1S/C46H58N6O7/c1-9-33(40(47-10-2)26(4)58-8)41-36-23-46(6,7)25-59-45(57)37-13-12-16-52(49-37)44(56)38(48-43(55)42-34-22-31(34)24-51(42)27(5)53)19-28-17-30(20-32(54)18-28)29-14-15-39(35(36)21-29)50(41)11-3/h9-10,14-15,17-18,20-21,26,31,34,37-38,42,49,54H,1,11-13,16,19,22-25H2,2-8H3,(H,48,55)/b40-33+,47-10-/t26-,31?,34-,37-,38-,42-/m0/s1. The Morgan fingerprint density at radius 3 is 2.66 bits per heavy atom. The number of aromatic hydroxyl groups is 1. The SMILES string of the molecule is C=C/C(=C(\N=C/C)[C@H](C)OC)c1c2c3cc(ccc3n1CC)-c1cc(O)cc(c1)C[C@H](NC(=O)[C@@H]1[C@H]3CC3CN1C(C)=O)C(=O)N1CCC[C@H](N1)C(=O)OCC(C)(C)C2. The maximum atomic E-state index is 14.5. The van der Waals surface area contributed by atoms with Gasteiger partial charge in [-0.15, -0.1) is 0 Å². The summed E-state index contributed by atoms with van der Waals surface area (Å²) in [6.07, 6.45) is 5.73. The molecule has 3 aliphatic heterocycles. The molecule has 7 rings (SSSR count). The van der Waals surface area contributed by atoms with Crippen LogP contribution in [0.4, 0.5) is 0 Å². The molecule has 59 heavy (non-hydrogen) atoms. The minimum Gasteiger partial charge on any atom is -0.508 e. The van der Waals surface area contributed by atoms with E-state index in [0.717, 1.165) is 51.0 Å². The lowest BCUT2D eigenvalue weighted by molar-refractivity contribution is -0.155. The van der Waals surface area contributed by atoms with Crippen LogP contribution in [0.1, 0.15) is 77.6 Å². The molecule has 314 valence electrons. The largest absolute Gasteiger partial charge is 0.508 e. The Morgan fingerprint density at radius 1 is 1.19 bits per heavy atom. The van der Waals surface area contributed by atoms with E-state index in [2.05, 4.69) is 54.8 Å². The van der Waals surface area contributed by atoms with Crippen LogP contribution in [0.15, 0.2) is 59.7 Å². The van der Waals surface area contributed by atoms with Gasteiger partial charge in [0.25, 0.3) is 5.91 Å². The molecule has 0 spiro atoms. The van der Waals surface area contributed by atoms with Crippen molar-refractivity contribution in [2.45, 2.75) is 104 Å². The van der Waals surface area contributed by atoms with Crippen molar-refractivity contribution in [1.29, 1.82) is 0 Å². The quantitative estimate of drug-likeness (QED) is 0.152. The van der Waals surface area contributed by atoms with Crippen LogP contribution in [-0.4, -0.2) is 101 Å². The number of aromatic nitrogens is 1. The molecule has 3 N–H and O–H groups in total. The lowest BCUT2D eigenvalue weighted by Crippen LogP contribution is -2.61. The Hall–Kier alpha value is -5.27. The van der Waals surface area contributed by atoms with Crippen molar-refractivity contribution >= 4 is 46.4 Å². The van der Waals surface area contributed by atoms with Crippen LogP contribution < -0.4 is 10.7 Å². The third kappa shape index (κ3) is 8.32. The molecule has 6 bridgehead atoms. The number of ether oxygens (including phenoxy) is 2. The van der Waals surface area contributed by atoms with Crippen LogP contribution in [0.2, 0.25) is 0 Å². The van der Waals surface area contributed by atoms with Gasteiger partial charge in [0.05, 0.1) is 24.1 Å². The fourth-order valence-corrected chi connectivity index (χ4v) is 9.36. The highest BCUT2D eigenvalue weighted by molar-refractivity contribution is 5.96. The van der Waals surface area contributed by atoms with Crippen molar-refractivity contribution in [3.63, 3.8) is 0 Å². The fraction of sp³-hybridized carbons (Fsp3) is 0.500. The van der Waals surface area contributed by atoms with E-state index in [1.807, 2.05) is 32.1 Å². The van der Waals surface area contributed by atoms with Gasteiger partial charge >= 0.3 is 5.97 Å². The summed E-state index contributed by atoms with van der Waals surface area (Å²) in [4.78, 5) is 61.2. The first-order valence-corrected chi connectivity index (χ1v) is 20.9. The number of cyclic esters (lactones) is 1. The summed E-state index contributed by atoms with van der Waals surface area (Å²) in [5, 5.41) is 16.6. The molecule has 2 aromatic carbocycles. The number of likely N-dealkylation sites (tertiary alicyclic amines) is 1. The summed E-state index contributed by atoms with van der Waals surface area (Å²) >= 11 is 0. The second kappa shape index (κ2) is 16.8. The first-order chi connectivity index (χ1) is 28.2. The van der Waals surface area contributed by atoms with Gasteiger partial charge in [-0.3, -0.25) is 29.2 Å². The van der Waals surface area contributed by atoms with E-state index in [1.165, 1.54) is 11.9 Å². The Balaban J connectivity index is 1.38. The molecule has 3 aromatic rings. The predicted octanol–water partition coefficient (Wildman–Crippen LogP) is 5.57. The molecule has 13 heteroatoms. The summed E-state index contributed by atoms with van der Waals surface area (Å²) in [6.45, 7) is 17.4. The smallest absolute Gasteiger partial charge is 0.324 e. The molecule has 0 radical (unpaired) electrons. The molecule has 1 unspecified atom stereocenters. The van der Waals surface area contributed by atoms with Gasteiger partial charge in [-0.05, 0) is 105 Å². The second-order valence-electron chi connectivity index (χ2n) is 17.3. The number of hydrogen-bond donors (Lipinski definition) is 3. The molecular formula is C46H58N6O7. The normalized spacial score (nSPS) is 25.2. The fourth-order valence-electron chi connectivity index (χ4n) is 9.36. The highest BCUT2D eigenvalue weighted by Crippen LogP contribution is 2.49. The Bertz CT molecular complexity index is 2240. The van der Waals surface area contributed by atoms with Gasteiger partial charge < -0.3 is 29.4 Å². The number of amides is 3. The summed E-state index contributed by atoms with van der Waals surface area (Å²) in [5.41, 5.74) is 9.36. The van der Waals surface area contributed by atoms with E-state index in [1.54, 1.807) is 30.4 Å². The summed E-state index contributed by atoms with van der Waals surface area (Å²) in [7, 11) is 1.66. The van der Waals surface area contributed by atoms with Crippen LogP contribution in [0.3, 0.4) is 0 Å². The Kier molecular flexibility index (Phi) is 11.9. The molecule has 4 aliphatic rings. The van der Waals surface area contributed by atoms with Crippen LogP contribution in [0, 0.1) is 17.3 Å². The van der Waals surface area contributed by atoms with Crippen molar-refractivity contribution in [2.24, 2.45) is 22.2 Å². The van der Waals surface area contributed by atoms with Gasteiger partial charge in [0.15, 0.2) is 0 Å². The Morgan fingerprint density at radius 2 is 1.97 bits per heavy atom. The van der Waals surface area contributed by atoms with Gasteiger partial charge in [0.1, 0.15) is 23.9 Å². The van der Waals surface area contributed by atoms with E-state index in [9.17, 15) is 24.3 Å². The number of benzene rings is 2. The molecule has 3 amide bonds. The minimum atomic E-state index is -1.06. The third-order valence-electron chi connectivity index (χ3n) is 12.4. The van der Waals surface area contributed by atoms with Crippen LogP contribution in [0.5, 0.6) is 5.75 Å². The molecule has 1 aliphatic carbocycles. The van der Waals surface area contributed by atoms with Crippen molar-refractivity contribution in [2.75, 3.05) is 26.8 Å². The zero-order valence-electron chi connectivity index (χ0n) is 35.3. The second-order valence-corrected chi connectivity index (χ2v) is 17.3. The highest BCUT2D eigenvalue weighted by Gasteiger charge is 2.56. The van der Waals surface area contributed by atoms with Crippen molar-refractivity contribution < 1.29 is 33.8 Å². The Labute approximate surface area is 346 Å². The molecule has 13 nitrogen and oxygen atoms in total. The molecular weight excluding hydrogens is 749 g/mol. The maximum absolute atomic E-state index is 14.5. The topological polar surface area (TPSA) is 155 Å². The van der Waals surface area contributed by atoms with Gasteiger partial charge in [0, 0.05) is 68.2 Å². The third-order valence-corrected chi connectivity index (χ3v) is 12.4. The minimum absolute atomic E-state index is 0.0171. The number of nitrogens with one attached hydrogen (secondary N) is 2. The number of aryl methyl sites for hydroxylation is 1. The monoisotopic (exact) mass is 806 g/mol. The number of fused-ring (bicyclic) bond motifs is 7. The number of piperidine rings is 1. The highest BCUT2D eigenvalue weighted by atomic mass is 16.5. The maximum Gasteiger partial charge on any atom is 0.324 e. The van der Waals surface area contributed by atoms with E-state index in [-0.39, 0.29) is 48.5 Å². The number of methoxy groups -OCH3 is 1. The number of hydrazine groups is 1. The number of aliphatic imine (C=N–C) groups is 1. The van der Waals surface area contributed by atoms with Gasteiger partial charge in [-0.1, -0.05) is 38.6 Å². The molecule has 4 heterocycles. The van der Waals surface area contributed by atoms with E-state index in [0.29, 0.717) is 44.5 Å². The number of phenolic OH excluding ortho intramolecular Hbond substituents is 1. The first-order valence-electron chi connectivity index (χ1n) is 20.9.